The monoisotopic (exact) mass is 203 g/mol. The number of carboxylic acid groups (broad SMARTS) is 1. The van der Waals surface area contributed by atoms with Crippen molar-refractivity contribution in [2.24, 2.45) is 0 Å². The number of aromatic nitrogens is 2. The van der Waals surface area contributed by atoms with Gasteiger partial charge in [-0.1, -0.05) is 0 Å². The predicted octanol–water partition coefficient (Wildman–Crippen LogP) is 0.197. The number of nitriles is 1. The third-order valence-electron chi connectivity index (χ3n) is 2.04. The fraction of sp³-hybridized carbons (Fsp3) is 0. The predicted molar refractivity (Wildman–Crippen MR) is 49.7 cm³/mol. The van der Waals surface area contributed by atoms with Gasteiger partial charge in [-0.3, -0.25) is 9.20 Å². The van der Waals surface area contributed by atoms with Crippen LogP contribution in [0.15, 0.2) is 23.3 Å². The standard InChI is InChI=1S/C9H5N3O3/c10-3-5-1-2-12-7(5)11-4-6(8(12)13)9(14)15/h1-2,4,11H,(H,14,15). The first kappa shape index (κ1) is 9.02. The van der Waals surface area contributed by atoms with Crippen molar-refractivity contribution in [3.8, 4) is 6.07 Å². The maximum absolute atomic E-state index is 11.6. The summed E-state index contributed by atoms with van der Waals surface area (Å²) in [6.07, 6.45) is 2.44. The molecule has 0 saturated carbocycles. The molecule has 0 aliphatic carbocycles. The summed E-state index contributed by atoms with van der Waals surface area (Å²) in [7, 11) is 0. The Morgan fingerprint density at radius 1 is 1.60 bits per heavy atom. The minimum absolute atomic E-state index is 0.295. The van der Waals surface area contributed by atoms with Crippen LogP contribution in [0.1, 0.15) is 15.9 Å². The number of aromatic amines is 1. The van der Waals surface area contributed by atoms with Crippen molar-refractivity contribution in [2.75, 3.05) is 0 Å². The summed E-state index contributed by atoms with van der Waals surface area (Å²) >= 11 is 0. The average molecular weight is 203 g/mol. The lowest BCUT2D eigenvalue weighted by Crippen LogP contribution is -2.21. The molecule has 0 aromatic carbocycles. The van der Waals surface area contributed by atoms with E-state index in [1.54, 1.807) is 0 Å². The summed E-state index contributed by atoms with van der Waals surface area (Å²) < 4.78 is 1.10. The topological polar surface area (TPSA) is 98.4 Å². The highest BCUT2D eigenvalue weighted by molar-refractivity contribution is 5.87. The van der Waals surface area contributed by atoms with E-state index in [2.05, 4.69) is 4.98 Å². The summed E-state index contributed by atoms with van der Waals surface area (Å²) in [6, 6.07) is 3.33. The van der Waals surface area contributed by atoms with Crippen molar-refractivity contribution in [3.05, 3.63) is 39.9 Å². The summed E-state index contributed by atoms with van der Waals surface area (Å²) in [5.41, 5.74) is -0.420. The number of aromatic carboxylic acids is 1. The van der Waals surface area contributed by atoms with Crippen molar-refractivity contribution >= 4 is 11.6 Å². The lowest BCUT2D eigenvalue weighted by Gasteiger charge is -1.97. The van der Waals surface area contributed by atoms with Crippen LogP contribution in [0.3, 0.4) is 0 Å². The van der Waals surface area contributed by atoms with E-state index in [0.29, 0.717) is 11.2 Å². The van der Waals surface area contributed by atoms with Crippen molar-refractivity contribution in [3.63, 3.8) is 0 Å². The van der Waals surface area contributed by atoms with Gasteiger partial charge in [-0.15, -0.1) is 0 Å². The third kappa shape index (κ3) is 1.18. The zero-order valence-corrected chi connectivity index (χ0v) is 7.39. The van der Waals surface area contributed by atoms with Crippen LogP contribution in [0.4, 0.5) is 0 Å². The lowest BCUT2D eigenvalue weighted by atomic mass is 10.3. The molecule has 15 heavy (non-hydrogen) atoms. The van der Waals surface area contributed by atoms with Crippen LogP contribution in [0.25, 0.3) is 5.65 Å². The van der Waals surface area contributed by atoms with Crippen LogP contribution in [-0.2, 0) is 0 Å². The van der Waals surface area contributed by atoms with Gasteiger partial charge in [0.15, 0.2) is 0 Å². The SMILES string of the molecule is N#Cc1ccn2c(=O)c(C(=O)O)c[nH]c12. The maximum atomic E-state index is 11.6. The molecule has 0 bridgehead atoms. The van der Waals surface area contributed by atoms with Crippen LogP contribution in [0.2, 0.25) is 0 Å². The third-order valence-corrected chi connectivity index (χ3v) is 2.04. The first-order chi connectivity index (χ1) is 7.15. The Balaban J connectivity index is 2.89. The van der Waals surface area contributed by atoms with E-state index in [-0.39, 0.29) is 5.56 Å². The van der Waals surface area contributed by atoms with E-state index in [1.807, 2.05) is 6.07 Å². The second-order valence-corrected chi connectivity index (χ2v) is 2.87. The largest absolute Gasteiger partial charge is 0.477 e. The highest BCUT2D eigenvalue weighted by Crippen LogP contribution is 2.06. The second kappa shape index (κ2) is 2.99. The van der Waals surface area contributed by atoms with Gasteiger partial charge in [0.1, 0.15) is 17.3 Å². The zero-order chi connectivity index (χ0) is 11.0. The molecule has 6 nitrogen and oxygen atoms in total. The number of nitrogens with one attached hydrogen (secondary N) is 1. The van der Waals surface area contributed by atoms with Crippen molar-refractivity contribution < 1.29 is 9.90 Å². The van der Waals surface area contributed by atoms with Gasteiger partial charge in [0, 0.05) is 12.4 Å². The molecule has 2 N–H and O–H groups in total. The van der Waals surface area contributed by atoms with Crippen molar-refractivity contribution in [1.82, 2.24) is 9.38 Å². The van der Waals surface area contributed by atoms with Gasteiger partial charge in [0.05, 0.1) is 5.56 Å². The first-order valence-corrected chi connectivity index (χ1v) is 4.01. The number of H-pyrrole nitrogens is 1. The van der Waals surface area contributed by atoms with E-state index in [1.165, 1.54) is 12.3 Å². The summed E-state index contributed by atoms with van der Waals surface area (Å²) in [5.74, 6) is -1.30. The molecule has 74 valence electrons. The van der Waals surface area contributed by atoms with Gasteiger partial charge in [0.25, 0.3) is 5.56 Å². The van der Waals surface area contributed by atoms with Gasteiger partial charge in [-0.05, 0) is 6.07 Å². The molecule has 2 heterocycles. The molecule has 2 aromatic heterocycles. The number of hydrogen-bond acceptors (Lipinski definition) is 3. The zero-order valence-electron chi connectivity index (χ0n) is 7.39. The smallest absolute Gasteiger partial charge is 0.342 e. The molecule has 0 radical (unpaired) electrons. The van der Waals surface area contributed by atoms with Gasteiger partial charge in [-0.2, -0.15) is 5.26 Å². The Kier molecular flexibility index (Phi) is 1.80. The lowest BCUT2D eigenvalue weighted by molar-refractivity contribution is 0.0694. The molecule has 0 aliphatic rings. The van der Waals surface area contributed by atoms with Crippen molar-refractivity contribution in [2.45, 2.75) is 0 Å². The molecule has 0 saturated heterocycles. The van der Waals surface area contributed by atoms with E-state index in [9.17, 15) is 9.59 Å². The quantitative estimate of drug-likeness (QED) is 0.691. The molecule has 0 amide bonds. The van der Waals surface area contributed by atoms with E-state index in [4.69, 9.17) is 10.4 Å². The Labute approximate surface area is 83.0 Å². The van der Waals surface area contributed by atoms with Crippen LogP contribution < -0.4 is 5.56 Å². The normalized spacial score (nSPS) is 10.1. The maximum Gasteiger partial charge on any atom is 0.342 e. The highest BCUT2D eigenvalue weighted by Gasteiger charge is 2.12. The Morgan fingerprint density at radius 2 is 2.33 bits per heavy atom. The van der Waals surface area contributed by atoms with Crippen LogP contribution in [0, 0.1) is 11.3 Å². The Morgan fingerprint density at radius 3 is 2.93 bits per heavy atom. The van der Waals surface area contributed by atoms with E-state index >= 15 is 0 Å². The Bertz CT molecular complexity index is 645. The van der Waals surface area contributed by atoms with Crippen molar-refractivity contribution in [1.29, 1.82) is 5.26 Å². The number of fused-ring (bicyclic) bond motifs is 1. The number of rotatable bonds is 1. The number of carboxylic acids is 1. The summed E-state index contributed by atoms with van der Waals surface area (Å²) in [6.45, 7) is 0. The first-order valence-electron chi connectivity index (χ1n) is 4.01. The summed E-state index contributed by atoms with van der Waals surface area (Å²) in [5, 5.41) is 17.4. The fourth-order valence-corrected chi connectivity index (χ4v) is 1.32. The van der Waals surface area contributed by atoms with E-state index in [0.717, 1.165) is 10.6 Å². The molecular weight excluding hydrogens is 198 g/mol. The highest BCUT2D eigenvalue weighted by atomic mass is 16.4. The number of carbonyl (C=O) groups is 1. The number of nitrogens with zero attached hydrogens (tertiary/aromatic N) is 2. The molecule has 0 aliphatic heterocycles. The van der Waals surface area contributed by atoms with Gasteiger partial charge < -0.3 is 10.1 Å². The Hall–Kier alpha value is -2.55. The molecule has 0 atom stereocenters. The van der Waals surface area contributed by atoms with Gasteiger partial charge >= 0.3 is 5.97 Å². The van der Waals surface area contributed by atoms with Crippen LogP contribution in [-0.4, -0.2) is 20.5 Å². The summed E-state index contributed by atoms with van der Waals surface area (Å²) in [4.78, 5) is 24.8. The minimum atomic E-state index is -1.30. The number of hydrogen-bond donors (Lipinski definition) is 2. The van der Waals surface area contributed by atoms with E-state index < -0.39 is 11.5 Å². The molecule has 2 rings (SSSR count). The van der Waals surface area contributed by atoms with Gasteiger partial charge in [-0.25, -0.2) is 4.79 Å². The molecular formula is C9H5N3O3. The second-order valence-electron chi connectivity index (χ2n) is 2.87. The minimum Gasteiger partial charge on any atom is -0.477 e. The molecule has 0 fully saturated rings. The van der Waals surface area contributed by atoms with Crippen LogP contribution in [0.5, 0.6) is 0 Å². The molecule has 0 spiro atoms. The molecule has 6 heteroatoms. The molecule has 2 aromatic rings. The fourth-order valence-electron chi connectivity index (χ4n) is 1.32. The van der Waals surface area contributed by atoms with Gasteiger partial charge in [0.2, 0.25) is 0 Å². The average Bonchev–Trinajstić information content (AvgIpc) is 2.61. The van der Waals surface area contributed by atoms with Crippen LogP contribution >= 0.6 is 0 Å². The molecule has 0 unspecified atom stereocenters.